The fourth-order valence-electron chi connectivity index (χ4n) is 2.30. The van der Waals surface area contributed by atoms with Gasteiger partial charge in [0.15, 0.2) is 11.5 Å². The van der Waals surface area contributed by atoms with Crippen molar-refractivity contribution >= 4 is 12.0 Å². The van der Waals surface area contributed by atoms with E-state index in [2.05, 4.69) is 24.5 Å². The zero-order valence-electron chi connectivity index (χ0n) is 18.2. The Hall–Kier alpha value is -2.44. The quantitative estimate of drug-likeness (QED) is 0.700. The number of hydrogen-bond donors (Lipinski definition) is 2. The fourth-order valence-corrected chi connectivity index (χ4v) is 2.30. The summed E-state index contributed by atoms with van der Waals surface area (Å²) in [5.41, 5.74) is 0.246. The minimum atomic E-state index is -0.729. The molecule has 7 nitrogen and oxygen atoms in total. The van der Waals surface area contributed by atoms with Crippen LogP contribution in [-0.4, -0.2) is 37.4 Å². The molecular weight excluding hydrogens is 360 g/mol. The number of nitrogens with one attached hydrogen (secondary N) is 2. The normalized spacial score (nSPS) is 13.5. The zero-order valence-corrected chi connectivity index (χ0v) is 18.2. The van der Waals surface area contributed by atoms with E-state index in [-0.39, 0.29) is 11.9 Å². The van der Waals surface area contributed by atoms with Crippen molar-refractivity contribution < 1.29 is 23.8 Å². The van der Waals surface area contributed by atoms with Crippen LogP contribution in [0.5, 0.6) is 11.5 Å². The third-order valence-corrected chi connectivity index (χ3v) is 3.75. The van der Waals surface area contributed by atoms with Crippen molar-refractivity contribution in [3.63, 3.8) is 0 Å². The molecule has 1 rings (SSSR count). The Bertz CT molecular complexity index is 667. The van der Waals surface area contributed by atoms with Gasteiger partial charge in [0.2, 0.25) is 5.91 Å². The number of amides is 2. The Balaban J connectivity index is 2.71. The van der Waals surface area contributed by atoms with Crippen LogP contribution in [0.4, 0.5) is 4.79 Å². The molecule has 0 heterocycles. The van der Waals surface area contributed by atoms with E-state index in [0.717, 1.165) is 5.56 Å². The van der Waals surface area contributed by atoms with Gasteiger partial charge in [-0.05, 0) is 58.2 Å². The smallest absolute Gasteiger partial charge is 0.408 e. The Morgan fingerprint density at radius 3 is 2.21 bits per heavy atom. The third-order valence-electron chi connectivity index (χ3n) is 3.75. The van der Waals surface area contributed by atoms with Gasteiger partial charge in [-0.3, -0.25) is 4.79 Å². The summed E-state index contributed by atoms with van der Waals surface area (Å²) in [6, 6.07) is 4.56. The number of benzene rings is 1. The lowest BCUT2D eigenvalue weighted by Gasteiger charge is -2.23. The third kappa shape index (κ3) is 8.06. The molecule has 2 N–H and O–H groups in total. The maximum absolute atomic E-state index is 12.4. The molecule has 0 spiro atoms. The van der Waals surface area contributed by atoms with Crippen LogP contribution < -0.4 is 20.1 Å². The van der Waals surface area contributed by atoms with Gasteiger partial charge in [-0.1, -0.05) is 19.9 Å². The van der Waals surface area contributed by atoms with Crippen molar-refractivity contribution in [3.8, 4) is 11.5 Å². The molecule has 0 fully saturated rings. The van der Waals surface area contributed by atoms with Crippen LogP contribution in [0.15, 0.2) is 18.2 Å². The molecule has 0 aliphatic heterocycles. The van der Waals surface area contributed by atoms with E-state index in [4.69, 9.17) is 14.2 Å². The average Bonchev–Trinajstić information content (AvgIpc) is 2.57. The predicted octanol–water partition coefficient (Wildman–Crippen LogP) is 3.82. The number of carbonyl (C=O) groups is 2. The van der Waals surface area contributed by atoms with Gasteiger partial charge < -0.3 is 24.8 Å². The molecule has 158 valence electrons. The van der Waals surface area contributed by atoms with Crippen LogP contribution in [0.1, 0.15) is 60.1 Å². The molecular formula is C21H34N2O5. The molecule has 0 radical (unpaired) electrons. The first-order chi connectivity index (χ1) is 12.9. The molecule has 2 amide bonds. The van der Waals surface area contributed by atoms with Crippen LogP contribution in [0.25, 0.3) is 0 Å². The van der Waals surface area contributed by atoms with E-state index in [1.54, 1.807) is 34.8 Å². The van der Waals surface area contributed by atoms with Gasteiger partial charge >= 0.3 is 6.09 Å². The second kappa shape index (κ2) is 10.2. The van der Waals surface area contributed by atoms with Gasteiger partial charge in [0.1, 0.15) is 11.6 Å². The van der Waals surface area contributed by atoms with Crippen LogP contribution >= 0.6 is 0 Å². The SMILES string of the molecule is COc1cc(C(C)NC(=O)[C@@H](C)NC(=O)OC(C)(C)C)ccc1OCC(C)C. The van der Waals surface area contributed by atoms with Crippen molar-refractivity contribution in [2.45, 2.75) is 66.2 Å². The molecule has 1 aromatic carbocycles. The Morgan fingerprint density at radius 1 is 1.04 bits per heavy atom. The Morgan fingerprint density at radius 2 is 1.68 bits per heavy atom. The molecule has 28 heavy (non-hydrogen) atoms. The van der Waals surface area contributed by atoms with E-state index >= 15 is 0 Å². The summed E-state index contributed by atoms with van der Waals surface area (Å²) < 4.78 is 16.3. The van der Waals surface area contributed by atoms with Gasteiger partial charge in [0.05, 0.1) is 19.8 Å². The first-order valence-electron chi connectivity index (χ1n) is 9.53. The van der Waals surface area contributed by atoms with Gasteiger partial charge in [0.25, 0.3) is 0 Å². The maximum atomic E-state index is 12.4. The number of carbonyl (C=O) groups excluding carboxylic acids is 2. The second-order valence-corrected chi connectivity index (χ2v) is 8.21. The summed E-state index contributed by atoms with van der Waals surface area (Å²) in [5, 5.41) is 5.41. The lowest BCUT2D eigenvalue weighted by Crippen LogP contribution is -2.47. The zero-order chi connectivity index (χ0) is 21.5. The summed E-state index contributed by atoms with van der Waals surface area (Å²) in [6.07, 6.45) is -0.629. The molecule has 7 heteroatoms. The monoisotopic (exact) mass is 394 g/mol. The van der Waals surface area contributed by atoms with Crippen molar-refractivity contribution in [2.75, 3.05) is 13.7 Å². The minimum absolute atomic E-state index is 0.275. The summed E-state index contributed by atoms with van der Waals surface area (Å²) in [5.74, 6) is 1.37. The topological polar surface area (TPSA) is 85.9 Å². The maximum Gasteiger partial charge on any atom is 0.408 e. The lowest BCUT2D eigenvalue weighted by molar-refractivity contribution is -0.123. The number of alkyl carbamates (subject to hydrolysis) is 1. The average molecular weight is 395 g/mol. The second-order valence-electron chi connectivity index (χ2n) is 8.21. The number of methoxy groups -OCH3 is 1. The van der Waals surface area contributed by atoms with E-state index in [1.807, 2.05) is 25.1 Å². The van der Waals surface area contributed by atoms with Crippen molar-refractivity contribution in [1.29, 1.82) is 0 Å². The van der Waals surface area contributed by atoms with E-state index in [0.29, 0.717) is 24.0 Å². The summed E-state index contributed by atoms with van der Waals surface area (Å²) >= 11 is 0. The van der Waals surface area contributed by atoms with Crippen LogP contribution in [0.3, 0.4) is 0 Å². The first-order valence-corrected chi connectivity index (χ1v) is 9.53. The molecule has 1 unspecified atom stereocenters. The summed E-state index contributed by atoms with van der Waals surface area (Å²) in [6.45, 7) is 13.5. The highest BCUT2D eigenvalue weighted by Crippen LogP contribution is 2.30. The highest BCUT2D eigenvalue weighted by Gasteiger charge is 2.22. The van der Waals surface area contributed by atoms with Crippen LogP contribution in [-0.2, 0) is 9.53 Å². The largest absolute Gasteiger partial charge is 0.493 e. The van der Waals surface area contributed by atoms with Gasteiger partial charge in [0, 0.05) is 0 Å². The molecule has 0 bridgehead atoms. The number of hydrogen-bond acceptors (Lipinski definition) is 5. The van der Waals surface area contributed by atoms with Gasteiger partial charge in [-0.15, -0.1) is 0 Å². The van der Waals surface area contributed by atoms with Crippen molar-refractivity contribution in [1.82, 2.24) is 10.6 Å². The molecule has 0 aliphatic carbocycles. The Labute approximate surface area is 168 Å². The van der Waals surface area contributed by atoms with Gasteiger partial charge in [-0.2, -0.15) is 0 Å². The minimum Gasteiger partial charge on any atom is -0.493 e. The Kier molecular flexibility index (Phi) is 8.60. The standard InChI is InChI=1S/C21H34N2O5/c1-13(2)12-27-17-10-9-16(11-18(17)26-8)14(3)22-19(24)15(4)23-20(25)28-21(5,6)7/h9-11,13-15H,12H2,1-8H3,(H,22,24)(H,23,25)/t14?,15-/m1/s1. The summed E-state index contributed by atoms with van der Waals surface area (Å²) in [7, 11) is 1.58. The van der Waals surface area contributed by atoms with Crippen molar-refractivity contribution in [2.24, 2.45) is 5.92 Å². The number of rotatable bonds is 8. The fraction of sp³-hybridized carbons (Fsp3) is 0.619. The highest BCUT2D eigenvalue weighted by atomic mass is 16.6. The summed E-state index contributed by atoms with van der Waals surface area (Å²) in [4.78, 5) is 24.2. The lowest BCUT2D eigenvalue weighted by atomic mass is 10.1. The molecule has 0 aliphatic rings. The van der Waals surface area contributed by atoms with Crippen LogP contribution in [0.2, 0.25) is 0 Å². The van der Waals surface area contributed by atoms with E-state index in [1.165, 1.54) is 0 Å². The molecule has 0 saturated heterocycles. The first kappa shape index (κ1) is 23.6. The molecule has 0 saturated carbocycles. The van der Waals surface area contributed by atoms with Crippen molar-refractivity contribution in [3.05, 3.63) is 23.8 Å². The van der Waals surface area contributed by atoms with Crippen LogP contribution in [0, 0.1) is 5.92 Å². The van der Waals surface area contributed by atoms with E-state index < -0.39 is 17.7 Å². The molecule has 1 aromatic rings. The molecule has 0 aromatic heterocycles. The highest BCUT2D eigenvalue weighted by molar-refractivity contribution is 5.85. The molecule has 2 atom stereocenters. The number of ether oxygens (including phenoxy) is 3. The van der Waals surface area contributed by atoms with E-state index in [9.17, 15) is 9.59 Å². The van der Waals surface area contributed by atoms with Gasteiger partial charge in [-0.25, -0.2) is 4.79 Å². The predicted molar refractivity (Wildman–Crippen MR) is 109 cm³/mol.